The SMILES string of the molecule is COc1cccc2c1C(=O)c1c(O)c3c(c(O)c1C2=O)C[C@@](O)(/C(C)=N\N=C1CC(C)(C)N(O)C(C)(C)C1)C[C@@H]3O[C@H]1C[C@@H](N)[C@H](O)[C@@H](C)O1. The average Bonchev–Trinajstić information content (AvgIpc) is 3.04. The number of aliphatic hydroxyl groups is 2. The van der Waals surface area contributed by atoms with Crippen molar-refractivity contribution in [3.05, 3.63) is 51.6 Å². The molecule has 0 amide bonds. The molecule has 0 unspecified atom stereocenters. The lowest BCUT2D eigenvalue weighted by Crippen LogP contribution is -2.59. The molecule has 270 valence electrons. The molecule has 7 N–H and O–H groups in total. The number of benzene rings is 2. The molecule has 2 saturated heterocycles. The number of ketones is 2. The molecule has 0 saturated carbocycles. The molecule has 2 heterocycles. The number of phenols is 2. The second-order valence-electron chi connectivity index (χ2n) is 15.2. The van der Waals surface area contributed by atoms with E-state index in [0.29, 0.717) is 18.6 Å². The summed E-state index contributed by atoms with van der Waals surface area (Å²) in [6, 6.07) is 3.82. The minimum Gasteiger partial charge on any atom is -0.507 e. The van der Waals surface area contributed by atoms with Gasteiger partial charge < -0.3 is 45.6 Å². The second-order valence-corrected chi connectivity index (χ2v) is 15.2. The van der Waals surface area contributed by atoms with E-state index in [2.05, 4.69) is 10.2 Å². The van der Waals surface area contributed by atoms with E-state index in [1.807, 2.05) is 27.7 Å². The molecule has 2 aromatic carbocycles. The van der Waals surface area contributed by atoms with Gasteiger partial charge >= 0.3 is 0 Å². The third-order valence-electron chi connectivity index (χ3n) is 10.6. The summed E-state index contributed by atoms with van der Waals surface area (Å²) >= 11 is 0. The van der Waals surface area contributed by atoms with Crippen LogP contribution in [0.15, 0.2) is 28.4 Å². The Morgan fingerprint density at radius 1 is 1.02 bits per heavy atom. The highest BCUT2D eigenvalue weighted by molar-refractivity contribution is 6.31. The van der Waals surface area contributed by atoms with E-state index in [9.17, 15) is 35.2 Å². The van der Waals surface area contributed by atoms with E-state index in [4.69, 9.17) is 19.9 Å². The van der Waals surface area contributed by atoms with Gasteiger partial charge in [0.2, 0.25) is 5.78 Å². The molecular formula is C36H46N4O10. The number of aliphatic hydroxyl groups excluding tert-OH is 1. The molecule has 50 heavy (non-hydrogen) atoms. The summed E-state index contributed by atoms with van der Waals surface area (Å²) in [6.07, 6.45) is -3.44. The van der Waals surface area contributed by atoms with Crippen molar-refractivity contribution in [2.24, 2.45) is 15.9 Å². The average molecular weight is 695 g/mol. The number of nitrogens with zero attached hydrogens (tertiary/aromatic N) is 3. The lowest BCUT2D eigenvalue weighted by Gasteiger charge is -2.48. The number of hydrogen-bond donors (Lipinski definition) is 6. The van der Waals surface area contributed by atoms with Crippen molar-refractivity contribution < 1.29 is 49.4 Å². The van der Waals surface area contributed by atoms with E-state index in [1.165, 1.54) is 24.3 Å². The number of hydroxylamine groups is 2. The number of rotatable bonds is 5. The Kier molecular flexibility index (Phi) is 8.99. The Morgan fingerprint density at radius 2 is 1.66 bits per heavy atom. The highest BCUT2D eigenvalue weighted by Crippen LogP contribution is 2.52. The third-order valence-corrected chi connectivity index (χ3v) is 10.6. The van der Waals surface area contributed by atoms with Crippen molar-refractivity contribution >= 4 is 23.0 Å². The molecule has 0 spiro atoms. The standard InChI is InChI=1S/C36H46N4O10/c1-16-29(41)21(37)11-24(49-16)50-23-15-36(46,17(2)38-39-18-12-34(3,4)40(47)35(5,6)13-18)14-20-26(23)33(45)28-27(31(20)43)30(42)19-9-8-10-22(48-7)25(19)32(28)44/h8-10,16,21,23-24,29,41,43,45-47H,11-15,37H2,1-7H3/b38-17-/t16-,21-,23+,24+,29-,36+/m1/s1. The molecule has 4 aliphatic rings. The van der Waals surface area contributed by atoms with Gasteiger partial charge in [0.05, 0.1) is 47.8 Å². The highest BCUT2D eigenvalue weighted by atomic mass is 16.7. The van der Waals surface area contributed by atoms with Gasteiger partial charge in [0.15, 0.2) is 12.1 Å². The summed E-state index contributed by atoms with van der Waals surface area (Å²) in [6.45, 7) is 10.8. The predicted molar refractivity (Wildman–Crippen MR) is 181 cm³/mol. The Balaban J connectivity index is 1.46. The first-order chi connectivity index (χ1) is 23.3. The van der Waals surface area contributed by atoms with Crippen LogP contribution in [0.25, 0.3) is 0 Å². The van der Waals surface area contributed by atoms with Crippen LogP contribution in [0.4, 0.5) is 0 Å². The van der Waals surface area contributed by atoms with E-state index < -0.39 is 81.5 Å². The number of piperidine rings is 1. The molecule has 2 fully saturated rings. The fourth-order valence-electron chi connectivity index (χ4n) is 8.01. The van der Waals surface area contributed by atoms with Gasteiger partial charge in [-0.15, -0.1) is 0 Å². The molecule has 0 radical (unpaired) electrons. The fraction of sp³-hybridized carbons (Fsp3) is 0.556. The van der Waals surface area contributed by atoms with Crippen LogP contribution < -0.4 is 10.5 Å². The highest BCUT2D eigenvalue weighted by Gasteiger charge is 2.49. The fourth-order valence-corrected chi connectivity index (χ4v) is 8.01. The minimum atomic E-state index is -1.81. The van der Waals surface area contributed by atoms with Gasteiger partial charge in [-0.25, -0.2) is 0 Å². The van der Waals surface area contributed by atoms with Gasteiger partial charge in [-0.3, -0.25) is 9.59 Å². The number of fused-ring (bicyclic) bond motifs is 3. The molecule has 14 nitrogen and oxygen atoms in total. The Labute approximate surface area is 290 Å². The van der Waals surface area contributed by atoms with Crippen molar-refractivity contribution in [1.29, 1.82) is 0 Å². The lowest BCUT2D eigenvalue weighted by atomic mass is 9.71. The molecule has 0 aromatic heterocycles. The van der Waals surface area contributed by atoms with Crippen LogP contribution in [0.2, 0.25) is 0 Å². The van der Waals surface area contributed by atoms with Crippen molar-refractivity contribution in [2.75, 3.05) is 7.11 Å². The summed E-state index contributed by atoms with van der Waals surface area (Å²) < 4.78 is 17.6. The van der Waals surface area contributed by atoms with Gasteiger partial charge in [-0.1, -0.05) is 12.1 Å². The Bertz CT molecular complexity index is 1790. The summed E-state index contributed by atoms with van der Waals surface area (Å²) in [7, 11) is 1.36. The zero-order chi connectivity index (χ0) is 36.7. The minimum absolute atomic E-state index is 0.000790. The number of aromatic hydroxyl groups is 2. The number of hydrogen-bond acceptors (Lipinski definition) is 14. The monoisotopic (exact) mass is 694 g/mol. The number of carbonyl (C=O) groups is 2. The van der Waals surface area contributed by atoms with Gasteiger partial charge in [-0.2, -0.15) is 15.3 Å². The quantitative estimate of drug-likeness (QED) is 0.129. The Hall–Kier alpha value is -3.76. The van der Waals surface area contributed by atoms with Crippen LogP contribution in [-0.2, 0) is 15.9 Å². The summed E-state index contributed by atoms with van der Waals surface area (Å²) in [5.74, 6) is -2.43. The maximum absolute atomic E-state index is 14.0. The third kappa shape index (κ3) is 5.82. The number of carbonyl (C=O) groups excluding carboxylic acids is 2. The molecular weight excluding hydrogens is 648 g/mol. The molecule has 2 aliphatic heterocycles. The molecule has 0 bridgehead atoms. The van der Waals surface area contributed by atoms with Gasteiger partial charge in [0, 0.05) is 71.6 Å². The van der Waals surface area contributed by atoms with E-state index in [1.54, 1.807) is 19.9 Å². The van der Waals surface area contributed by atoms with Crippen molar-refractivity contribution in [3.8, 4) is 17.2 Å². The summed E-state index contributed by atoms with van der Waals surface area (Å²) in [4.78, 5) is 27.9. The lowest BCUT2D eigenvalue weighted by molar-refractivity contribution is -0.245. The van der Waals surface area contributed by atoms with Crippen LogP contribution in [0, 0.1) is 0 Å². The number of methoxy groups -OCH3 is 1. The van der Waals surface area contributed by atoms with E-state index in [-0.39, 0.29) is 53.0 Å². The molecule has 2 aliphatic carbocycles. The smallest absolute Gasteiger partial charge is 0.202 e. The predicted octanol–water partition coefficient (Wildman–Crippen LogP) is 3.30. The topological polar surface area (TPSA) is 217 Å². The number of phenolic OH excluding ortho intramolecular Hbond substituents is 2. The van der Waals surface area contributed by atoms with Crippen LogP contribution in [0.1, 0.15) is 116 Å². The summed E-state index contributed by atoms with van der Waals surface area (Å²) in [5, 5.41) is 67.3. The number of ether oxygens (including phenoxy) is 3. The first-order valence-electron chi connectivity index (χ1n) is 16.7. The molecule has 2 aromatic rings. The zero-order valence-corrected chi connectivity index (χ0v) is 29.4. The molecule has 6 atom stereocenters. The van der Waals surface area contributed by atoms with Crippen molar-refractivity contribution in [3.63, 3.8) is 0 Å². The van der Waals surface area contributed by atoms with Gasteiger partial charge in [0.25, 0.3) is 0 Å². The van der Waals surface area contributed by atoms with E-state index >= 15 is 0 Å². The summed E-state index contributed by atoms with van der Waals surface area (Å²) in [5.41, 5.74) is 3.18. The van der Waals surface area contributed by atoms with Crippen LogP contribution >= 0.6 is 0 Å². The maximum atomic E-state index is 14.0. The van der Waals surface area contributed by atoms with Crippen molar-refractivity contribution in [1.82, 2.24) is 5.06 Å². The van der Waals surface area contributed by atoms with Crippen LogP contribution in [0.5, 0.6) is 17.2 Å². The zero-order valence-electron chi connectivity index (χ0n) is 29.4. The molecule has 14 heteroatoms. The second kappa shape index (κ2) is 12.5. The largest absolute Gasteiger partial charge is 0.507 e. The Morgan fingerprint density at radius 3 is 2.28 bits per heavy atom. The van der Waals surface area contributed by atoms with Crippen LogP contribution in [-0.4, -0.2) is 102 Å². The van der Waals surface area contributed by atoms with Gasteiger partial charge in [-0.05, 0) is 47.6 Å². The van der Waals surface area contributed by atoms with Crippen molar-refractivity contribution in [2.45, 2.75) is 121 Å². The van der Waals surface area contributed by atoms with Gasteiger partial charge in [0.1, 0.15) is 22.8 Å². The van der Waals surface area contributed by atoms with E-state index in [0.717, 1.165) is 0 Å². The normalized spacial score (nSPS) is 30.7. The number of nitrogens with two attached hydrogens (primary N) is 1. The first kappa shape index (κ1) is 36.0. The maximum Gasteiger partial charge on any atom is 0.202 e. The molecule has 6 rings (SSSR count). The first-order valence-corrected chi connectivity index (χ1v) is 16.7. The van der Waals surface area contributed by atoms with Crippen LogP contribution in [0.3, 0.4) is 0 Å².